The van der Waals surface area contributed by atoms with Crippen molar-refractivity contribution in [2.24, 2.45) is 5.41 Å². The zero-order valence-corrected chi connectivity index (χ0v) is 9.77. The molecule has 2 heteroatoms. The number of hydrogen-bond donors (Lipinski definition) is 0. The van der Waals surface area contributed by atoms with Gasteiger partial charge in [-0.3, -0.25) is 4.79 Å². The van der Waals surface area contributed by atoms with E-state index in [1.807, 2.05) is 0 Å². The number of halogens is 1. The number of alkyl halides is 1. The Bertz CT molecular complexity index is 210. The van der Waals surface area contributed by atoms with Crippen LogP contribution in [0.25, 0.3) is 0 Å². The van der Waals surface area contributed by atoms with Crippen molar-refractivity contribution < 1.29 is 4.79 Å². The highest BCUT2D eigenvalue weighted by molar-refractivity contribution is 9.09. The predicted octanol–water partition coefficient (Wildman–Crippen LogP) is 3.48. The van der Waals surface area contributed by atoms with E-state index in [4.69, 9.17) is 0 Å². The molecule has 1 nitrogen and oxygen atoms in total. The van der Waals surface area contributed by atoms with Gasteiger partial charge < -0.3 is 0 Å². The van der Waals surface area contributed by atoms with Gasteiger partial charge in [0.25, 0.3) is 0 Å². The zero-order chi connectivity index (χ0) is 9.73. The molecule has 0 aromatic rings. The summed E-state index contributed by atoms with van der Waals surface area (Å²) in [4.78, 5) is 11.7. The minimum absolute atomic E-state index is 0.0586. The Morgan fingerprint density at radius 1 is 1.46 bits per heavy atom. The van der Waals surface area contributed by atoms with E-state index < -0.39 is 0 Å². The van der Waals surface area contributed by atoms with Crippen molar-refractivity contribution in [1.82, 2.24) is 0 Å². The molecule has 1 unspecified atom stereocenters. The molecule has 0 aliphatic heterocycles. The fourth-order valence-corrected chi connectivity index (χ4v) is 2.13. The summed E-state index contributed by atoms with van der Waals surface area (Å²) >= 11 is 3.34. The highest BCUT2D eigenvalue weighted by Gasteiger charge is 2.33. The number of rotatable bonds is 3. The minimum Gasteiger partial charge on any atom is -0.299 e. The maximum atomic E-state index is 11.7. The van der Waals surface area contributed by atoms with Crippen molar-refractivity contribution in [1.29, 1.82) is 0 Å². The Morgan fingerprint density at radius 2 is 2.23 bits per heavy atom. The summed E-state index contributed by atoms with van der Waals surface area (Å²) in [5, 5.41) is 0.886. The molecule has 74 valence electrons. The van der Waals surface area contributed by atoms with Gasteiger partial charge in [-0.2, -0.15) is 0 Å². The van der Waals surface area contributed by atoms with Crippen LogP contribution in [0.1, 0.15) is 39.0 Å². The highest BCUT2D eigenvalue weighted by atomic mass is 79.9. The van der Waals surface area contributed by atoms with Gasteiger partial charge in [-0.1, -0.05) is 41.4 Å². The first-order valence-electron chi connectivity index (χ1n) is 4.93. The molecule has 0 radical (unpaired) electrons. The Hall–Kier alpha value is -0.110. The van der Waals surface area contributed by atoms with E-state index in [1.54, 1.807) is 0 Å². The van der Waals surface area contributed by atoms with E-state index in [-0.39, 0.29) is 5.41 Å². The second-order valence-corrected chi connectivity index (χ2v) is 4.67. The Kier molecular flexibility index (Phi) is 4.17. The molecule has 13 heavy (non-hydrogen) atoms. The average molecular weight is 245 g/mol. The van der Waals surface area contributed by atoms with Gasteiger partial charge in [-0.25, -0.2) is 0 Å². The molecule has 1 aliphatic carbocycles. The van der Waals surface area contributed by atoms with E-state index in [0.717, 1.165) is 31.0 Å². The summed E-state index contributed by atoms with van der Waals surface area (Å²) in [6, 6.07) is 0. The van der Waals surface area contributed by atoms with Gasteiger partial charge in [0.1, 0.15) is 5.78 Å². The van der Waals surface area contributed by atoms with Crippen LogP contribution < -0.4 is 0 Å². The van der Waals surface area contributed by atoms with Crippen LogP contribution in [-0.4, -0.2) is 11.1 Å². The van der Waals surface area contributed by atoms with Gasteiger partial charge in [-0.15, -0.1) is 0 Å². The standard InChI is InChI=1S/C11H17BrO/c1-11(8-4-5-9-12)7-3-2-6-10(11)13/h4-5H,2-3,6-9H2,1H3/b5-4+. The van der Waals surface area contributed by atoms with Crippen molar-refractivity contribution in [3.05, 3.63) is 12.2 Å². The normalized spacial score (nSPS) is 29.8. The molecule has 1 aliphatic rings. The monoisotopic (exact) mass is 244 g/mol. The third kappa shape index (κ3) is 2.94. The topological polar surface area (TPSA) is 17.1 Å². The van der Waals surface area contributed by atoms with E-state index in [0.29, 0.717) is 5.78 Å². The minimum atomic E-state index is -0.0586. The molecule has 0 amide bonds. The second-order valence-electron chi connectivity index (χ2n) is 4.02. The van der Waals surface area contributed by atoms with Crippen LogP contribution in [0.3, 0.4) is 0 Å². The summed E-state index contributed by atoms with van der Waals surface area (Å²) in [6.45, 7) is 2.10. The molecule has 1 fully saturated rings. The first kappa shape index (κ1) is 11.0. The molecule has 0 aromatic heterocycles. The lowest BCUT2D eigenvalue weighted by Gasteiger charge is -2.30. The average Bonchev–Trinajstić information content (AvgIpc) is 2.11. The quantitative estimate of drug-likeness (QED) is 0.549. The number of carbonyl (C=O) groups excluding carboxylic acids is 1. The van der Waals surface area contributed by atoms with Crippen molar-refractivity contribution in [2.45, 2.75) is 39.0 Å². The van der Waals surface area contributed by atoms with Crippen molar-refractivity contribution >= 4 is 21.7 Å². The number of Topliss-reactive ketones (excluding diaryl/α,β-unsaturated/α-hetero) is 1. The molecule has 1 rings (SSSR count). The third-order valence-corrected chi connectivity index (χ3v) is 3.25. The molecule has 0 aromatic carbocycles. The van der Waals surface area contributed by atoms with Crippen LogP contribution in [-0.2, 0) is 4.79 Å². The number of allylic oxidation sites excluding steroid dienone is 2. The van der Waals surface area contributed by atoms with E-state index in [1.165, 1.54) is 6.42 Å². The van der Waals surface area contributed by atoms with E-state index in [9.17, 15) is 4.79 Å². The van der Waals surface area contributed by atoms with Gasteiger partial charge in [0, 0.05) is 17.2 Å². The first-order valence-corrected chi connectivity index (χ1v) is 6.05. The molecule has 0 heterocycles. The van der Waals surface area contributed by atoms with Crippen molar-refractivity contribution in [3.8, 4) is 0 Å². The summed E-state index contributed by atoms with van der Waals surface area (Å²) in [6.07, 6.45) is 9.28. The molecular formula is C11H17BrO. The fraction of sp³-hybridized carbons (Fsp3) is 0.727. The lowest BCUT2D eigenvalue weighted by Crippen LogP contribution is -2.30. The molecular weight excluding hydrogens is 228 g/mol. The lowest BCUT2D eigenvalue weighted by atomic mass is 9.72. The smallest absolute Gasteiger partial charge is 0.139 e. The Balaban J connectivity index is 2.51. The summed E-state index contributed by atoms with van der Waals surface area (Å²) < 4.78 is 0. The summed E-state index contributed by atoms with van der Waals surface area (Å²) in [7, 11) is 0. The van der Waals surface area contributed by atoms with E-state index in [2.05, 4.69) is 35.0 Å². The molecule has 0 spiro atoms. The van der Waals surface area contributed by atoms with Gasteiger partial charge in [0.15, 0.2) is 0 Å². The van der Waals surface area contributed by atoms with Crippen LogP contribution in [0.2, 0.25) is 0 Å². The first-order chi connectivity index (χ1) is 6.19. The van der Waals surface area contributed by atoms with Gasteiger partial charge >= 0.3 is 0 Å². The van der Waals surface area contributed by atoms with Crippen LogP contribution in [0.5, 0.6) is 0 Å². The predicted molar refractivity (Wildman–Crippen MR) is 59.1 cm³/mol. The Labute approximate surface area is 88.7 Å². The number of ketones is 1. The molecule has 0 N–H and O–H groups in total. The Morgan fingerprint density at radius 3 is 2.85 bits per heavy atom. The summed E-state index contributed by atoms with van der Waals surface area (Å²) in [5.74, 6) is 0.456. The van der Waals surface area contributed by atoms with Crippen molar-refractivity contribution in [3.63, 3.8) is 0 Å². The van der Waals surface area contributed by atoms with Crippen LogP contribution >= 0.6 is 15.9 Å². The van der Waals surface area contributed by atoms with Crippen LogP contribution in [0, 0.1) is 5.41 Å². The SMILES string of the molecule is CC1(C/C=C/CBr)CCCCC1=O. The number of carbonyl (C=O) groups is 1. The third-order valence-electron chi connectivity index (χ3n) is 2.88. The lowest BCUT2D eigenvalue weighted by molar-refractivity contribution is -0.130. The second kappa shape index (κ2) is 4.94. The summed E-state index contributed by atoms with van der Waals surface area (Å²) in [5.41, 5.74) is -0.0586. The fourth-order valence-electron chi connectivity index (χ4n) is 1.86. The molecule has 0 saturated heterocycles. The highest BCUT2D eigenvalue weighted by Crippen LogP contribution is 2.36. The van der Waals surface area contributed by atoms with Gasteiger partial charge in [0.2, 0.25) is 0 Å². The molecule has 1 saturated carbocycles. The zero-order valence-electron chi connectivity index (χ0n) is 8.18. The maximum absolute atomic E-state index is 11.7. The largest absolute Gasteiger partial charge is 0.299 e. The van der Waals surface area contributed by atoms with Crippen LogP contribution in [0.15, 0.2) is 12.2 Å². The van der Waals surface area contributed by atoms with Gasteiger partial charge in [0.05, 0.1) is 0 Å². The number of hydrogen-bond acceptors (Lipinski definition) is 1. The van der Waals surface area contributed by atoms with Gasteiger partial charge in [-0.05, 0) is 19.3 Å². The molecule has 0 bridgehead atoms. The van der Waals surface area contributed by atoms with Crippen LogP contribution in [0.4, 0.5) is 0 Å². The van der Waals surface area contributed by atoms with Crippen molar-refractivity contribution in [2.75, 3.05) is 5.33 Å². The molecule has 1 atom stereocenters. The van der Waals surface area contributed by atoms with E-state index >= 15 is 0 Å². The maximum Gasteiger partial charge on any atom is 0.139 e.